The quantitative estimate of drug-likeness (QED) is 0.928. The smallest absolute Gasteiger partial charge is 0.352 e. The van der Waals surface area contributed by atoms with Gasteiger partial charge in [-0.15, -0.1) is 0 Å². The highest BCUT2D eigenvalue weighted by Gasteiger charge is 2.29. The number of rotatable bonds is 3. The summed E-state index contributed by atoms with van der Waals surface area (Å²) in [5.74, 6) is 0.0491. The van der Waals surface area contributed by atoms with Crippen molar-refractivity contribution in [2.24, 2.45) is 5.92 Å². The fraction of sp³-hybridized carbons (Fsp3) is 0.706. The SMILES string of the molecule is CC1CCCC(N2CCC(n3cccc3C(=O)O)CC2)C1. The number of carbonyl (C=O) groups is 1. The minimum Gasteiger partial charge on any atom is -0.477 e. The van der Waals surface area contributed by atoms with Gasteiger partial charge in [-0.2, -0.15) is 0 Å². The molecule has 2 unspecified atom stereocenters. The first-order valence-corrected chi connectivity index (χ1v) is 8.29. The van der Waals surface area contributed by atoms with Crippen LogP contribution < -0.4 is 0 Å². The van der Waals surface area contributed by atoms with Crippen molar-refractivity contribution in [2.75, 3.05) is 13.1 Å². The first kappa shape index (κ1) is 14.6. The number of carboxylic acids is 1. The van der Waals surface area contributed by atoms with Crippen LogP contribution in [0.4, 0.5) is 0 Å². The summed E-state index contributed by atoms with van der Waals surface area (Å²) in [7, 11) is 0. The molecule has 0 spiro atoms. The lowest BCUT2D eigenvalue weighted by atomic mass is 9.85. The average Bonchev–Trinajstić information content (AvgIpc) is 2.97. The van der Waals surface area contributed by atoms with Gasteiger partial charge in [0, 0.05) is 31.4 Å². The molecule has 0 radical (unpaired) electrons. The summed E-state index contributed by atoms with van der Waals surface area (Å²) in [4.78, 5) is 13.9. The second kappa shape index (κ2) is 6.22. The summed E-state index contributed by atoms with van der Waals surface area (Å²) in [5, 5.41) is 9.24. The number of carboxylic acid groups (broad SMARTS) is 1. The molecule has 0 bridgehead atoms. The van der Waals surface area contributed by atoms with Crippen molar-refractivity contribution >= 4 is 5.97 Å². The van der Waals surface area contributed by atoms with Gasteiger partial charge in [-0.05, 0) is 43.7 Å². The second-order valence-corrected chi connectivity index (χ2v) is 6.80. The van der Waals surface area contributed by atoms with E-state index < -0.39 is 5.97 Å². The van der Waals surface area contributed by atoms with Crippen molar-refractivity contribution in [3.8, 4) is 0 Å². The third-order valence-corrected chi connectivity index (χ3v) is 5.32. The molecule has 116 valence electrons. The van der Waals surface area contributed by atoms with Crippen LogP contribution in [-0.4, -0.2) is 39.7 Å². The molecule has 1 aromatic heterocycles. The number of hydrogen-bond acceptors (Lipinski definition) is 2. The Kier molecular flexibility index (Phi) is 4.34. The molecule has 1 aliphatic carbocycles. The van der Waals surface area contributed by atoms with Crippen LogP contribution in [0.5, 0.6) is 0 Å². The second-order valence-electron chi connectivity index (χ2n) is 6.80. The van der Waals surface area contributed by atoms with Crippen LogP contribution in [0, 0.1) is 5.92 Å². The lowest BCUT2D eigenvalue weighted by Gasteiger charge is -2.41. The van der Waals surface area contributed by atoms with Crippen LogP contribution in [0.25, 0.3) is 0 Å². The molecule has 1 N–H and O–H groups in total. The average molecular weight is 290 g/mol. The maximum atomic E-state index is 11.2. The summed E-state index contributed by atoms with van der Waals surface area (Å²) in [5.41, 5.74) is 0.430. The van der Waals surface area contributed by atoms with Gasteiger partial charge in [0.15, 0.2) is 0 Å². The summed E-state index contributed by atoms with van der Waals surface area (Å²) < 4.78 is 1.96. The predicted molar refractivity (Wildman–Crippen MR) is 82.7 cm³/mol. The number of hydrogen-bond donors (Lipinski definition) is 1. The van der Waals surface area contributed by atoms with Gasteiger partial charge >= 0.3 is 5.97 Å². The molecule has 0 amide bonds. The Labute approximate surface area is 126 Å². The van der Waals surface area contributed by atoms with Crippen LogP contribution in [0.1, 0.15) is 62.0 Å². The van der Waals surface area contributed by atoms with E-state index in [1.807, 2.05) is 16.8 Å². The lowest BCUT2D eigenvalue weighted by molar-refractivity contribution is 0.0667. The molecule has 2 heterocycles. The van der Waals surface area contributed by atoms with Crippen molar-refractivity contribution in [1.29, 1.82) is 0 Å². The first-order chi connectivity index (χ1) is 10.1. The zero-order valence-electron chi connectivity index (χ0n) is 12.9. The molecule has 0 aromatic carbocycles. The predicted octanol–water partition coefficient (Wildman–Crippen LogP) is 3.40. The minimum absolute atomic E-state index is 0.350. The van der Waals surface area contributed by atoms with Crippen LogP contribution in [-0.2, 0) is 0 Å². The van der Waals surface area contributed by atoms with Gasteiger partial charge in [0.25, 0.3) is 0 Å². The van der Waals surface area contributed by atoms with Crippen LogP contribution in [0.2, 0.25) is 0 Å². The normalized spacial score (nSPS) is 28.6. The third kappa shape index (κ3) is 3.15. The van der Waals surface area contributed by atoms with Crippen molar-refractivity contribution in [3.63, 3.8) is 0 Å². The molecular weight excluding hydrogens is 264 g/mol. The van der Waals surface area contributed by atoms with E-state index >= 15 is 0 Å². The maximum Gasteiger partial charge on any atom is 0.352 e. The van der Waals surface area contributed by atoms with Gasteiger partial charge in [-0.1, -0.05) is 19.8 Å². The Morgan fingerprint density at radius 3 is 2.62 bits per heavy atom. The van der Waals surface area contributed by atoms with Gasteiger partial charge in [0.1, 0.15) is 5.69 Å². The monoisotopic (exact) mass is 290 g/mol. The number of aromatic nitrogens is 1. The van der Waals surface area contributed by atoms with E-state index in [2.05, 4.69) is 11.8 Å². The first-order valence-electron chi connectivity index (χ1n) is 8.29. The minimum atomic E-state index is -0.816. The zero-order chi connectivity index (χ0) is 14.8. The van der Waals surface area contributed by atoms with E-state index in [0.29, 0.717) is 11.7 Å². The Hall–Kier alpha value is -1.29. The van der Waals surface area contributed by atoms with E-state index in [-0.39, 0.29) is 0 Å². The van der Waals surface area contributed by atoms with Crippen molar-refractivity contribution in [2.45, 2.75) is 57.5 Å². The Bertz CT molecular complexity index is 489. The Morgan fingerprint density at radius 2 is 1.95 bits per heavy atom. The van der Waals surface area contributed by atoms with Crippen molar-refractivity contribution in [3.05, 3.63) is 24.0 Å². The van der Waals surface area contributed by atoms with Gasteiger partial charge in [0.2, 0.25) is 0 Å². The Balaban J connectivity index is 1.60. The summed E-state index contributed by atoms with van der Waals surface area (Å²) in [6, 6.07) is 4.66. The number of piperidine rings is 1. The van der Waals surface area contributed by atoms with Crippen molar-refractivity contribution < 1.29 is 9.90 Å². The molecule has 21 heavy (non-hydrogen) atoms. The highest BCUT2D eigenvalue weighted by atomic mass is 16.4. The fourth-order valence-electron chi connectivity index (χ4n) is 4.16. The third-order valence-electron chi connectivity index (χ3n) is 5.32. The van der Waals surface area contributed by atoms with E-state index in [0.717, 1.165) is 37.9 Å². The Morgan fingerprint density at radius 1 is 1.19 bits per heavy atom. The van der Waals surface area contributed by atoms with Gasteiger partial charge in [-0.25, -0.2) is 4.79 Å². The standard InChI is InChI=1S/C17H26N2O2/c1-13-4-2-5-15(12-13)18-10-7-14(8-11-18)19-9-3-6-16(19)17(20)21/h3,6,9,13-15H,2,4-5,7-8,10-12H2,1H3,(H,20,21). The fourth-order valence-corrected chi connectivity index (χ4v) is 4.16. The van der Waals surface area contributed by atoms with E-state index in [9.17, 15) is 9.90 Å². The largest absolute Gasteiger partial charge is 0.477 e. The molecule has 2 fully saturated rings. The molecule has 3 rings (SSSR count). The molecular formula is C17H26N2O2. The van der Waals surface area contributed by atoms with Crippen LogP contribution in [0.3, 0.4) is 0 Å². The summed E-state index contributed by atoms with van der Waals surface area (Å²) >= 11 is 0. The molecule has 4 nitrogen and oxygen atoms in total. The number of likely N-dealkylation sites (tertiary alicyclic amines) is 1. The topological polar surface area (TPSA) is 45.5 Å². The lowest BCUT2D eigenvalue weighted by Crippen LogP contribution is -2.43. The van der Waals surface area contributed by atoms with Crippen LogP contribution in [0.15, 0.2) is 18.3 Å². The van der Waals surface area contributed by atoms with E-state index in [4.69, 9.17) is 0 Å². The molecule has 2 atom stereocenters. The van der Waals surface area contributed by atoms with Gasteiger partial charge in [0.05, 0.1) is 0 Å². The highest BCUT2D eigenvalue weighted by molar-refractivity contribution is 5.85. The van der Waals surface area contributed by atoms with Gasteiger partial charge in [-0.3, -0.25) is 0 Å². The van der Waals surface area contributed by atoms with E-state index in [1.165, 1.54) is 25.7 Å². The molecule has 1 aliphatic heterocycles. The summed E-state index contributed by atoms with van der Waals surface area (Å²) in [6.07, 6.45) is 9.50. The molecule has 1 saturated heterocycles. The zero-order valence-corrected chi connectivity index (χ0v) is 12.9. The van der Waals surface area contributed by atoms with E-state index in [1.54, 1.807) is 6.07 Å². The summed E-state index contributed by atoms with van der Waals surface area (Å²) in [6.45, 7) is 4.59. The molecule has 1 saturated carbocycles. The molecule has 4 heteroatoms. The number of nitrogens with zero attached hydrogens (tertiary/aromatic N) is 2. The maximum absolute atomic E-state index is 11.2. The molecule has 2 aliphatic rings. The van der Waals surface area contributed by atoms with Crippen LogP contribution >= 0.6 is 0 Å². The molecule has 1 aromatic rings. The van der Waals surface area contributed by atoms with Crippen molar-refractivity contribution in [1.82, 2.24) is 9.47 Å². The van der Waals surface area contributed by atoms with Gasteiger partial charge < -0.3 is 14.6 Å². The highest BCUT2D eigenvalue weighted by Crippen LogP contribution is 2.32. The number of aromatic carboxylic acids is 1.